The van der Waals surface area contributed by atoms with Crippen LogP contribution >= 0.6 is 0 Å². The second kappa shape index (κ2) is 8.85. The number of rotatable bonds is 6. The molecule has 0 saturated carbocycles. The normalized spacial score (nSPS) is 13.0. The molecule has 4 heteroatoms. The molecule has 0 unspecified atom stereocenters. The van der Waals surface area contributed by atoms with Crippen LogP contribution in [0.25, 0.3) is 0 Å². The number of likely N-dealkylation sites (N-methyl/N-ethyl adjacent to an activating group) is 1. The van der Waals surface area contributed by atoms with Crippen molar-refractivity contribution in [3.05, 3.63) is 64.7 Å². The van der Waals surface area contributed by atoms with E-state index in [9.17, 15) is 9.59 Å². The van der Waals surface area contributed by atoms with Gasteiger partial charge < -0.3 is 10.2 Å². The van der Waals surface area contributed by atoms with E-state index >= 15 is 0 Å². The standard InChI is InChI=1S/C23H28N2O2/c1-3-18-8-6-7-11-21(18)24-22(26)16-25(2)23(27)15-17-12-13-19-9-4-5-10-20(19)14-17/h6-8,11-14H,3-5,9-10,15-16H2,1-2H3,(H,24,26). The van der Waals surface area contributed by atoms with Gasteiger partial charge >= 0.3 is 0 Å². The molecule has 2 aromatic rings. The Kier molecular flexibility index (Phi) is 6.28. The largest absolute Gasteiger partial charge is 0.336 e. The van der Waals surface area contributed by atoms with Gasteiger partial charge in [0.1, 0.15) is 0 Å². The number of fused-ring (bicyclic) bond motifs is 1. The van der Waals surface area contributed by atoms with Crippen LogP contribution in [0.1, 0.15) is 42.0 Å². The van der Waals surface area contributed by atoms with Gasteiger partial charge in [-0.2, -0.15) is 0 Å². The molecule has 0 radical (unpaired) electrons. The number of hydrogen-bond acceptors (Lipinski definition) is 2. The Morgan fingerprint density at radius 2 is 1.78 bits per heavy atom. The van der Waals surface area contributed by atoms with Crippen molar-refractivity contribution in [1.82, 2.24) is 4.90 Å². The molecule has 27 heavy (non-hydrogen) atoms. The van der Waals surface area contributed by atoms with Crippen molar-refractivity contribution < 1.29 is 9.59 Å². The highest BCUT2D eigenvalue weighted by molar-refractivity contribution is 5.95. The molecule has 1 aliphatic rings. The number of carbonyl (C=O) groups is 2. The number of aryl methyl sites for hydroxylation is 3. The van der Waals surface area contributed by atoms with E-state index in [-0.39, 0.29) is 18.4 Å². The van der Waals surface area contributed by atoms with Gasteiger partial charge in [0.15, 0.2) is 0 Å². The van der Waals surface area contributed by atoms with E-state index in [1.807, 2.05) is 30.3 Å². The van der Waals surface area contributed by atoms with Crippen molar-refractivity contribution in [2.24, 2.45) is 0 Å². The molecule has 0 aliphatic heterocycles. The van der Waals surface area contributed by atoms with Gasteiger partial charge in [0.25, 0.3) is 0 Å². The van der Waals surface area contributed by atoms with Gasteiger partial charge in [0.2, 0.25) is 11.8 Å². The fraction of sp³-hybridized carbons (Fsp3) is 0.391. The number of nitrogens with zero attached hydrogens (tertiary/aromatic N) is 1. The average molecular weight is 364 g/mol. The summed E-state index contributed by atoms with van der Waals surface area (Å²) < 4.78 is 0. The molecule has 0 bridgehead atoms. The lowest BCUT2D eigenvalue weighted by atomic mass is 9.90. The van der Waals surface area contributed by atoms with Gasteiger partial charge in [-0.15, -0.1) is 0 Å². The van der Waals surface area contributed by atoms with Crippen LogP contribution in [-0.4, -0.2) is 30.3 Å². The fourth-order valence-corrected chi connectivity index (χ4v) is 3.65. The van der Waals surface area contributed by atoms with Gasteiger partial charge in [-0.05, 0) is 60.4 Å². The van der Waals surface area contributed by atoms with Crippen molar-refractivity contribution >= 4 is 17.5 Å². The van der Waals surface area contributed by atoms with Crippen LogP contribution < -0.4 is 5.32 Å². The number of nitrogens with one attached hydrogen (secondary N) is 1. The molecule has 0 atom stereocenters. The van der Waals surface area contributed by atoms with E-state index in [4.69, 9.17) is 0 Å². The molecule has 0 saturated heterocycles. The molecular formula is C23H28N2O2. The number of anilines is 1. The fourth-order valence-electron chi connectivity index (χ4n) is 3.65. The molecular weight excluding hydrogens is 336 g/mol. The maximum Gasteiger partial charge on any atom is 0.243 e. The second-order valence-electron chi connectivity index (χ2n) is 7.30. The highest BCUT2D eigenvalue weighted by Gasteiger charge is 2.16. The first-order valence-corrected chi connectivity index (χ1v) is 9.79. The predicted molar refractivity (Wildman–Crippen MR) is 109 cm³/mol. The zero-order valence-electron chi connectivity index (χ0n) is 16.3. The van der Waals surface area contributed by atoms with Crippen molar-refractivity contribution in [2.45, 2.75) is 45.4 Å². The van der Waals surface area contributed by atoms with Gasteiger partial charge in [-0.3, -0.25) is 9.59 Å². The SMILES string of the molecule is CCc1ccccc1NC(=O)CN(C)C(=O)Cc1ccc2c(c1)CCCC2. The molecule has 1 N–H and O–H groups in total. The smallest absolute Gasteiger partial charge is 0.243 e. The predicted octanol–water partition coefficient (Wildman–Crippen LogP) is 3.77. The zero-order chi connectivity index (χ0) is 19.2. The summed E-state index contributed by atoms with van der Waals surface area (Å²) in [7, 11) is 1.69. The zero-order valence-corrected chi connectivity index (χ0v) is 16.3. The Morgan fingerprint density at radius 3 is 2.56 bits per heavy atom. The highest BCUT2D eigenvalue weighted by atomic mass is 16.2. The topological polar surface area (TPSA) is 49.4 Å². The summed E-state index contributed by atoms with van der Waals surface area (Å²) in [5.41, 5.74) is 5.74. The van der Waals surface area contributed by atoms with Crippen LogP contribution in [0.2, 0.25) is 0 Å². The van der Waals surface area contributed by atoms with Crippen LogP contribution in [0.15, 0.2) is 42.5 Å². The summed E-state index contributed by atoms with van der Waals surface area (Å²) in [5, 5.41) is 2.92. The lowest BCUT2D eigenvalue weighted by Gasteiger charge is -2.19. The molecule has 142 valence electrons. The molecule has 4 nitrogen and oxygen atoms in total. The second-order valence-corrected chi connectivity index (χ2v) is 7.30. The van der Waals surface area contributed by atoms with Gasteiger partial charge in [-0.25, -0.2) is 0 Å². The number of hydrogen-bond donors (Lipinski definition) is 1. The number of amides is 2. The lowest BCUT2D eigenvalue weighted by Crippen LogP contribution is -2.36. The Morgan fingerprint density at radius 1 is 1.04 bits per heavy atom. The van der Waals surface area contributed by atoms with Crippen LogP contribution in [0.4, 0.5) is 5.69 Å². The monoisotopic (exact) mass is 364 g/mol. The van der Waals surface area contributed by atoms with Crippen molar-refractivity contribution in [2.75, 3.05) is 18.9 Å². The summed E-state index contributed by atoms with van der Waals surface area (Å²) in [6, 6.07) is 14.1. The Hall–Kier alpha value is -2.62. The molecule has 1 aliphatic carbocycles. The Labute approximate surface area is 161 Å². The summed E-state index contributed by atoms with van der Waals surface area (Å²) in [6.07, 6.45) is 5.91. The van der Waals surface area contributed by atoms with E-state index in [2.05, 4.69) is 24.4 Å². The molecule has 0 heterocycles. The third-order valence-corrected chi connectivity index (χ3v) is 5.25. The Bertz CT molecular complexity index is 829. The number of benzene rings is 2. The highest BCUT2D eigenvalue weighted by Crippen LogP contribution is 2.22. The average Bonchev–Trinajstić information content (AvgIpc) is 2.68. The van der Waals surface area contributed by atoms with E-state index < -0.39 is 0 Å². The van der Waals surface area contributed by atoms with Crippen molar-refractivity contribution in [1.29, 1.82) is 0 Å². The van der Waals surface area contributed by atoms with Crippen molar-refractivity contribution in [3.63, 3.8) is 0 Å². The first-order chi connectivity index (χ1) is 13.1. The van der Waals surface area contributed by atoms with E-state index in [1.165, 1.54) is 28.9 Å². The van der Waals surface area contributed by atoms with Crippen LogP contribution in [-0.2, 0) is 35.3 Å². The maximum absolute atomic E-state index is 12.5. The first kappa shape index (κ1) is 19.2. The Balaban J connectivity index is 1.56. The molecule has 0 spiro atoms. The first-order valence-electron chi connectivity index (χ1n) is 9.79. The quantitative estimate of drug-likeness (QED) is 0.848. The third kappa shape index (κ3) is 4.97. The minimum absolute atomic E-state index is 0.0373. The number of carbonyl (C=O) groups excluding carboxylic acids is 2. The minimum Gasteiger partial charge on any atom is -0.336 e. The van der Waals surface area contributed by atoms with E-state index in [0.29, 0.717) is 6.42 Å². The molecule has 0 fully saturated rings. The summed E-state index contributed by atoms with van der Waals surface area (Å²) in [6.45, 7) is 2.11. The summed E-state index contributed by atoms with van der Waals surface area (Å²) in [4.78, 5) is 26.4. The molecule has 0 aromatic heterocycles. The van der Waals surface area contributed by atoms with Gasteiger partial charge in [-0.1, -0.05) is 43.3 Å². The van der Waals surface area contributed by atoms with E-state index in [1.54, 1.807) is 7.05 Å². The lowest BCUT2D eigenvalue weighted by molar-refractivity contribution is -0.132. The van der Waals surface area contributed by atoms with Crippen LogP contribution in [0.5, 0.6) is 0 Å². The maximum atomic E-state index is 12.5. The minimum atomic E-state index is -0.169. The number of para-hydroxylation sites is 1. The van der Waals surface area contributed by atoms with Crippen molar-refractivity contribution in [3.8, 4) is 0 Å². The third-order valence-electron chi connectivity index (χ3n) is 5.25. The molecule has 2 aromatic carbocycles. The van der Waals surface area contributed by atoms with Crippen LogP contribution in [0, 0.1) is 0 Å². The summed E-state index contributed by atoms with van der Waals surface area (Å²) in [5.74, 6) is -0.207. The molecule has 3 rings (SSSR count). The van der Waals surface area contributed by atoms with E-state index in [0.717, 1.165) is 36.1 Å². The molecule has 2 amide bonds. The van der Waals surface area contributed by atoms with Gasteiger partial charge in [0.05, 0.1) is 13.0 Å². The summed E-state index contributed by atoms with van der Waals surface area (Å²) >= 11 is 0. The van der Waals surface area contributed by atoms with Crippen LogP contribution in [0.3, 0.4) is 0 Å². The van der Waals surface area contributed by atoms with Gasteiger partial charge in [0, 0.05) is 12.7 Å².